The summed E-state index contributed by atoms with van der Waals surface area (Å²) in [7, 11) is 0. The summed E-state index contributed by atoms with van der Waals surface area (Å²) in [5.74, 6) is 0.287. The Morgan fingerprint density at radius 1 is 1.10 bits per heavy atom. The van der Waals surface area contributed by atoms with E-state index in [-0.39, 0.29) is 24.4 Å². The van der Waals surface area contributed by atoms with Gasteiger partial charge in [-0.2, -0.15) is 9.36 Å². The zero-order chi connectivity index (χ0) is 21.8. The maximum atomic E-state index is 14.8. The second-order valence-corrected chi connectivity index (χ2v) is 7.42. The molecule has 162 valence electrons. The summed E-state index contributed by atoms with van der Waals surface area (Å²) in [6, 6.07) is 8.32. The van der Waals surface area contributed by atoms with Crippen molar-refractivity contribution in [1.82, 2.24) is 24.8 Å². The van der Waals surface area contributed by atoms with Crippen LogP contribution in [0, 0.1) is 5.82 Å². The van der Waals surface area contributed by atoms with Crippen molar-refractivity contribution in [2.24, 2.45) is 5.73 Å². The molecule has 0 atom stereocenters. The summed E-state index contributed by atoms with van der Waals surface area (Å²) in [6.07, 6.45) is 5.62. The van der Waals surface area contributed by atoms with Crippen LogP contribution >= 0.6 is 0 Å². The fourth-order valence-corrected chi connectivity index (χ4v) is 3.59. The molecule has 2 N–H and O–H groups in total. The zero-order valence-corrected chi connectivity index (χ0v) is 16.9. The van der Waals surface area contributed by atoms with Crippen LogP contribution in [0.2, 0.25) is 0 Å². The van der Waals surface area contributed by atoms with E-state index >= 15 is 0 Å². The third-order valence-electron chi connectivity index (χ3n) is 5.35. The van der Waals surface area contributed by atoms with E-state index in [1.165, 1.54) is 18.6 Å². The largest absolute Gasteiger partial charge is 0.368 e. The number of piperidine rings is 1. The van der Waals surface area contributed by atoms with E-state index in [0.29, 0.717) is 11.9 Å². The number of nitrogens with zero attached hydrogens (tertiary/aromatic N) is 6. The van der Waals surface area contributed by atoms with Crippen LogP contribution in [0.25, 0.3) is 16.8 Å². The Morgan fingerprint density at radius 2 is 1.87 bits per heavy atom. The summed E-state index contributed by atoms with van der Waals surface area (Å²) >= 11 is 0. The average molecular weight is 427 g/mol. The highest BCUT2D eigenvalue weighted by atomic mass is 19.1. The monoisotopic (exact) mass is 427 g/mol. The van der Waals surface area contributed by atoms with Crippen molar-refractivity contribution >= 4 is 5.82 Å². The molecule has 1 fully saturated rings. The van der Waals surface area contributed by atoms with Crippen molar-refractivity contribution in [3.8, 4) is 16.8 Å². The predicted molar refractivity (Wildman–Crippen MR) is 113 cm³/mol. The van der Waals surface area contributed by atoms with Gasteiger partial charge in [0.25, 0.3) is 0 Å². The molecule has 1 aliphatic heterocycles. The minimum Gasteiger partial charge on any atom is -0.357 e. The number of aromatic nitrogens is 5. The highest BCUT2D eigenvalue weighted by molar-refractivity contribution is 5.65. The van der Waals surface area contributed by atoms with Gasteiger partial charge >= 0.3 is 5.69 Å². The summed E-state index contributed by atoms with van der Waals surface area (Å²) in [5.41, 5.74) is 6.24. The van der Waals surface area contributed by atoms with Crippen LogP contribution in [0.5, 0.6) is 0 Å². The topological polar surface area (TPSA) is 94.9 Å². The van der Waals surface area contributed by atoms with E-state index in [1.54, 1.807) is 12.3 Å². The summed E-state index contributed by atoms with van der Waals surface area (Å²) in [5, 5.41) is 7.38. The second-order valence-electron chi connectivity index (χ2n) is 7.42. The number of hydrogen-bond acceptors (Lipinski definition) is 6. The number of anilines is 1. The van der Waals surface area contributed by atoms with Gasteiger partial charge in [-0.15, -0.1) is 0 Å². The first kappa shape index (κ1) is 20.9. The number of halogens is 2. The molecule has 0 saturated carbocycles. The fourth-order valence-electron chi connectivity index (χ4n) is 3.59. The standard InChI is InChI=1S/C21H23F2N7O/c22-11-15(12-24)14-29-21(31)30(27-26-29)19-6-4-16(10-18(19)23)17-5-7-20(25-13-17)28-8-2-1-3-9-28/h4-7,10-11,13H,1-3,8-9,12,14,24H2/b15-11+. The minimum atomic E-state index is -0.688. The number of benzene rings is 1. The van der Waals surface area contributed by atoms with Crippen LogP contribution in [0.1, 0.15) is 19.3 Å². The number of nitrogens with two attached hydrogens (primary N) is 1. The SMILES string of the molecule is NC/C(=C\F)Cn1nnn(-c2ccc(-c3ccc(N4CCCCC4)nc3)cc2F)c1=O. The average Bonchev–Trinajstić information content (AvgIpc) is 3.17. The van der Waals surface area contributed by atoms with Crippen molar-refractivity contribution in [3.63, 3.8) is 0 Å². The predicted octanol–water partition coefficient (Wildman–Crippen LogP) is 2.43. The lowest BCUT2D eigenvalue weighted by Gasteiger charge is -2.27. The molecule has 31 heavy (non-hydrogen) atoms. The van der Waals surface area contributed by atoms with Gasteiger partial charge < -0.3 is 10.6 Å². The van der Waals surface area contributed by atoms with Gasteiger partial charge in [0.15, 0.2) is 0 Å². The molecule has 4 rings (SSSR count). The molecule has 0 spiro atoms. The Balaban J connectivity index is 1.56. The summed E-state index contributed by atoms with van der Waals surface area (Å²) in [6.45, 7) is 1.78. The molecular formula is C21H23F2N7O. The quantitative estimate of drug-likeness (QED) is 0.649. The van der Waals surface area contributed by atoms with Gasteiger partial charge in [0.2, 0.25) is 0 Å². The molecule has 1 aliphatic rings. The van der Waals surface area contributed by atoms with Crippen LogP contribution in [0.3, 0.4) is 0 Å². The molecule has 1 saturated heterocycles. The molecule has 0 bridgehead atoms. The Kier molecular flexibility index (Phi) is 6.17. The molecule has 0 radical (unpaired) electrons. The van der Waals surface area contributed by atoms with E-state index in [1.807, 2.05) is 12.1 Å². The van der Waals surface area contributed by atoms with Crippen LogP contribution < -0.4 is 16.3 Å². The normalized spacial score (nSPS) is 14.8. The Morgan fingerprint density at radius 3 is 2.52 bits per heavy atom. The van der Waals surface area contributed by atoms with Crippen LogP contribution in [0.15, 0.2) is 53.2 Å². The Bertz CT molecular complexity index is 1130. The molecule has 0 aliphatic carbocycles. The first-order chi connectivity index (χ1) is 15.1. The number of tetrazole rings is 1. The van der Waals surface area contributed by atoms with Gasteiger partial charge in [0.05, 0.1) is 12.9 Å². The van der Waals surface area contributed by atoms with Crippen LogP contribution in [-0.2, 0) is 6.54 Å². The lowest BCUT2D eigenvalue weighted by Crippen LogP contribution is -2.29. The maximum absolute atomic E-state index is 14.8. The van der Waals surface area contributed by atoms with Crippen molar-refractivity contribution in [1.29, 1.82) is 0 Å². The summed E-state index contributed by atoms with van der Waals surface area (Å²) in [4.78, 5) is 19.2. The van der Waals surface area contributed by atoms with Crippen LogP contribution in [-0.4, -0.2) is 44.4 Å². The highest BCUT2D eigenvalue weighted by Crippen LogP contribution is 2.25. The third-order valence-corrected chi connectivity index (χ3v) is 5.35. The summed E-state index contributed by atoms with van der Waals surface area (Å²) < 4.78 is 29.3. The molecule has 2 aromatic heterocycles. The number of hydrogen-bond donors (Lipinski definition) is 1. The third kappa shape index (κ3) is 4.38. The van der Waals surface area contributed by atoms with Crippen molar-refractivity contribution in [3.05, 3.63) is 64.7 Å². The molecule has 10 heteroatoms. The van der Waals surface area contributed by atoms with Crippen molar-refractivity contribution < 1.29 is 8.78 Å². The highest BCUT2D eigenvalue weighted by Gasteiger charge is 2.16. The molecule has 0 unspecified atom stereocenters. The first-order valence-corrected chi connectivity index (χ1v) is 10.1. The molecule has 1 aromatic carbocycles. The second kappa shape index (κ2) is 9.17. The lowest BCUT2D eigenvalue weighted by molar-refractivity contribution is 0.573. The van der Waals surface area contributed by atoms with E-state index in [9.17, 15) is 13.6 Å². The van der Waals surface area contributed by atoms with Gasteiger partial charge in [-0.3, -0.25) is 0 Å². The number of pyridine rings is 1. The first-order valence-electron chi connectivity index (χ1n) is 10.1. The van der Waals surface area contributed by atoms with E-state index in [0.717, 1.165) is 46.7 Å². The number of rotatable bonds is 6. The van der Waals surface area contributed by atoms with Crippen molar-refractivity contribution in [2.45, 2.75) is 25.8 Å². The molecule has 8 nitrogen and oxygen atoms in total. The maximum Gasteiger partial charge on any atom is 0.368 e. The van der Waals surface area contributed by atoms with Gasteiger partial charge in [-0.25, -0.2) is 18.6 Å². The van der Waals surface area contributed by atoms with Gasteiger partial charge in [0.1, 0.15) is 17.3 Å². The lowest BCUT2D eigenvalue weighted by atomic mass is 10.1. The van der Waals surface area contributed by atoms with Gasteiger partial charge in [0, 0.05) is 31.4 Å². The Labute approximate surface area is 177 Å². The van der Waals surface area contributed by atoms with Crippen molar-refractivity contribution in [2.75, 3.05) is 24.5 Å². The van der Waals surface area contributed by atoms with Crippen LogP contribution in [0.4, 0.5) is 14.6 Å². The molecule has 0 amide bonds. The van der Waals surface area contributed by atoms with Gasteiger partial charge in [-0.1, -0.05) is 6.07 Å². The molecular weight excluding hydrogens is 404 g/mol. The molecule has 3 aromatic rings. The van der Waals surface area contributed by atoms with E-state index in [4.69, 9.17) is 5.73 Å². The Hall–Kier alpha value is -3.40. The van der Waals surface area contributed by atoms with E-state index in [2.05, 4.69) is 20.3 Å². The zero-order valence-electron chi connectivity index (χ0n) is 16.9. The van der Waals surface area contributed by atoms with Gasteiger partial charge in [-0.05, 0) is 65.1 Å². The fraction of sp³-hybridized carbons (Fsp3) is 0.333. The molecule has 3 heterocycles. The minimum absolute atomic E-state index is 0.0450. The smallest absolute Gasteiger partial charge is 0.357 e. The van der Waals surface area contributed by atoms with E-state index < -0.39 is 11.5 Å².